The molecule has 8 heteroatoms. The molecule has 6 nitrogen and oxygen atoms in total. The van der Waals surface area contributed by atoms with Crippen LogP contribution in [0.4, 0.5) is 0 Å². The van der Waals surface area contributed by atoms with E-state index in [0.29, 0.717) is 5.56 Å². The number of fused-ring (bicyclic) bond motifs is 2. The molecule has 0 spiro atoms. The first-order valence-electron chi connectivity index (χ1n) is 13.2. The smallest absolute Gasteiger partial charge is 1.00 e. The Hall–Kier alpha value is -4.14. The largest absolute Gasteiger partial charge is 2.00 e. The molecular formula is C36H32ClMgN3O3. The van der Waals surface area contributed by atoms with Gasteiger partial charge < -0.3 is 19.8 Å². The van der Waals surface area contributed by atoms with Gasteiger partial charge in [0.2, 0.25) is 0 Å². The van der Waals surface area contributed by atoms with E-state index in [4.69, 9.17) is 4.84 Å². The van der Waals surface area contributed by atoms with Gasteiger partial charge in [-0.2, -0.15) is 0 Å². The summed E-state index contributed by atoms with van der Waals surface area (Å²) in [5.74, 6) is -0.130. The molecule has 2 heterocycles. The molecule has 6 rings (SSSR count). The Morgan fingerprint density at radius 1 is 0.636 bits per heavy atom. The number of amides is 1. The van der Waals surface area contributed by atoms with Crippen molar-refractivity contribution >= 4 is 56.5 Å². The number of benzene rings is 4. The zero-order valence-corrected chi connectivity index (χ0v) is 27.4. The minimum atomic E-state index is -0.196. The quantitative estimate of drug-likeness (QED) is 0.122. The van der Waals surface area contributed by atoms with Gasteiger partial charge in [0.15, 0.2) is 5.78 Å². The zero-order valence-electron chi connectivity index (χ0n) is 25.2. The van der Waals surface area contributed by atoms with Gasteiger partial charge in [0.25, 0.3) is 5.91 Å². The summed E-state index contributed by atoms with van der Waals surface area (Å²) in [6.07, 6.45) is 0. The Morgan fingerprint density at radius 2 is 1.02 bits per heavy atom. The van der Waals surface area contributed by atoms with Gasteiger partial charge >= 0.3 is 23.1 Å². The Morgan fingerprint density at radius 3 is 1.45 bits per heavy atom. The SMILES string of the molecule is CC(=O)c1cc(-c2ccccc2)nc2ccccc12.CON(C)C(=O)c1cc(-c2ccccc2)nc2ccccc12.[CH3-].[Cl-].[Mg+2]. The molecule has 218 valence electrons. The molecule has 6 aromatic rings. The topological polar surface area (TPSA) is 72.4 Å². The monoisotopic (exact) mass is 613 g/mol. The first kappa shape index (κ1) is 36.0. The van der Waals surface area contributed by atoms with E-state index in [0.717, 1.165) is 49.9 Å². The van der Waals surface area contributed by atoms with E-state index in [2.05, 4.69) is 9.97 Å². The van der Waals surface area contributed by atoms with Gasteiger partial charge in [-0.25, -0.2) is 15.0 Å². The fourth-order valence-corrected chi connectivity index (χ4v) is 4.59. The number of hydrogen-bond donors (Lipinski definition) is 0. The number of pyridine rings is 2. The summed E-state index contributed by atoms with van der Waals surface area (Å²) in [6.45, 7) is 1.59. The van der Waals surface area contributed by atoms with Gasteiger partial charge in [-0.15, -0.1) is 0 Å². The molecule has 0 bridgehead atoms. The predicted molar refractivity (Wildman–Crippen MR) is 176 cm³/mol. The second-order valence-electron chi connectivity index (χ2n) is 9.42. The van der Waals surface area contributed by atoms with Crippen LogP contribution in [0.5, 0.6) is 0 Å². The Labute approximate surface area is 280 Å². The summed E-state index contributed by atoms with van der Waals surface area (Å²) in [5.41, 5.74) is 6.55. The average molecular weight is 614 g/mol. The molecule has 0 radical (unpaired) electrons. The second kappa shape index (κ2) is 16.6. The van der Waals surface area contributed by atoms with Crippen molar-refractivity contribution in [3.05, 3.63) is 140 Å². The van der Waals surface area contributed by atoms with Gasteiger partial charge in [-0.05, 0) is 31.2 Å². The number of aromatic nitrogens is 2. The van der Waals surface area contributed by atoms with Crippen LogP contribution < -0.4 is 12.4 Å². The number of carbonyl (C=O) groups excluding carboxylic acids is 2. The number of rotatable bonds is 5. The van der Waals surface area contributed by atoms with Crippen LogP contribution in [0, 0.1) is 7.43 Å². The van der Waals surface area contributed by atoms with Crippen molar-refractivity contribution in [2.45, 2.75) is 6.92 Å². The number of hydroxylamine groups is 2. The van der Waals surface area contributed by atoms with Crippen molar-refractivity contribution in [2.75, 3.05) is 14.2 Å². The van der Waals surface area contributed by atoms with E-state index < -0.39 is 0 Å². The fourth-order valence-electron chi connectivity index (χ4n) is 4.59. The number of carbonyl (C=O) groups is 2. The van der Waals surface area contributed by atoms with E-state index in [1.807, 2.05) is 121 Å². The number of Topliss-reactive ketones (excluding diaryl/α,β-unsaturated/α-hetero) is 1. The van der Waals surface area contributed by atoms with Crippen molar-refractivity contribution in [1.82, 2.24) is 15.0 Å². The third-order valence-corrected chi connectivity index (χ3v) is 6.74. The third-order valence-electron chi connectivity index (χ3n) is 6.74. The molecule has 0 fully saturated rings. The van der Waals surface area contributed by atoms with E-state index in [1.54, 1.807) is 14.0 Å². The Bertz CT molecular complexity index is 1850. The summed E-state index contributed by atoms with van der Waals surface area (Å²) >= 11 is 0. The minimum absolute atomic E-state index is 0. The van der Waals surface area contributed by atoms with Crippen molar-refractivity contribution in [1.29, 1.82) is 0 Å². The molecule has 0 N–H and O–H groups in total. The molecule has 44 heavy (non-hydrogen) atoms. The number of halogens is 1. The van der Waals surface area contributed by atoms with Crippen molar-refractivity contribution in [2.24, 2.45) is 0 Å². The number of para-hydroxylation sites is 2. The average Bonchev–Trinajstić information content (AvgIpc) is 3.04. The van der Waals surface area contributed by atoms with Crippen molar-refractivity contribution in [3.63, 3.8) is 0 Å². The molecule has 0 atom stereocenters. The van der Waals surface area contributed by atoms with Crippen LogP contribution in [-0.2, 0) is 4.84 Å². The standard InChI is InChI=1S/C18H16N2O2.C17H13NO.CH3.ClH.Mg/c1-20(22-2)18(21)15-12-17(13-8-4-3-5-9-13)19-16-11-7-6-10-14(15)16;1-12(19)15-11-17(13-7-3-2-4-8-13)18-16-10-6-5-9-14(15)16;;;/h3-12H,1-2H3;2-11H,1H3;1H3;1H;/q;;-1;;+2/p-1. The Kier molecular flexibility index (Phi) is 13.6. The molecule has 4 aromatic carbocycles. The molecule has 0 aliphatic rings. The van der Waals surface area contributed by atoms with Crippen LogP contribution in [0.2, 0.25) is 0 Å². The first-order valence-corrected chi connectivity index (χ1v) is 13.2. The van der Waals surface area contributed by atoms with Gasteiger partial charge in [0, 0.05) is 34.5 Å². The van der Waals surface area contributed by atoms with Crippen LogP contribution in [0.25, 0.3) is 44.3 Å². The van der Waals surface area contributed by atoms with Crippen molar-refractivity contribution < 1.29 is 26.8 Å². The maximum absolute atomic E-state index is 12.5. The van der Waals surface area contributed by atoms with Crippen LogP contribution in [0.3, 0.4) is 0 Å². The van der Waals surface area contributed by atoms with Gasteiger partial charge in [-0.3, -0.25) is 14.4 Å². The van der Waals surface area contributed by atoms with Crippen LogP contribution in [0.15, 0.2) is 121 Å². The molecule has 1 amide bonds. The van der Waals surface area contributed by atoms with Crippen molar-refractivity contribution in [3.8, 4) is 22.5 Å². The van der Waals surface area contributed by atoms with Crippen LogP contribution >= 0.6 is 0 Å². The Balaban J connectivity index is 0.000000290. The summed E-state index contributed by atoms with van der Waals surface area (Å²) in [7, 11) is 3.07. The van der Waals surface area contributed by atoms with Gasteiger partial charge in [0.05, 0.1) is 35.1 Å². The molecule has 0 unspecified atom stereocenters. The molecular weight excluding hydrogens is 582 g/mol. The predicted octanol–water partition coefficient (Wildman–Crippen LogP) is 4.71. The second-order valence-corrected chi connectivity index (χ2v) is 9.42. The fraction of sp³-hybridized carbons (Fsp3) is 0.0833. The van der Waals surface area contributed by atoms with E-state index in [-0.39, 0.29) is 54.6 Å². The molecule has 0 saturated carbocycles. The number of nitrogens with zero attached hydrogens (tertiary/aromatic N) is 3. The number of hydrogen-bond acceptors (Lipinski definition) is 5. The van der Waals surface area contributed by atoms with E-state index in [9.17, 15) is 9.59 Å². The maximum atomic E-state index is 12.5. The minimum Gasteiger partial charge on any atom is -1.00 e. The van der Waals surface area contributed by atoms with Crippen LogP contribution in [0.1, 0.15) is 27.6 Å². The third kappa shape index (κ3) is 8.06. The molecule has 0 aliphatic carbocycles. The molecule has 0 saturated heterocycles. The first-order chi connectivity index (χ1) is 20.0. The normalized spacial score (nSPS) is 9.89. The summed E-state index contributed by atoms with van der Waals surface area (Å²) < 4.78 is 0. The zero-order chi connectivity index (χ0) is 28.8. The van der Waals surface area contributed by atoms with E-state index >= 15 is 0 Å². The molecule has 2 aromatic heterocycles. The number of ketones is 1. The van der Waals surface area contributed by atoms with Gasteiger partial charge in [0.1, 0.15) is 0 Å². The van der Waals surface area contributed by atoms with E-state index in [1.165, 1.54) is 12.2 Å². The summed E-state index contributed by atoms with van der Waals surface area (Å²) in [4.78, 5) is 38.7. The maximum Gasteiger partial charge on any atom is 2.00 e. The molecule has 0 aliphatic heterocycles. The van der Waals surface area contributed by atoms with Crippen LogP contribution in [-0.4, -0.2) is 63.9 Å². The summed E-state index contributed by atoms with van der Waals surface area (Å²) in [6, 6.07) is 38.8. The van der Waals surface area contributed by atoms with Gasteiger partial charge in [-0.1, -0.05) is 97.1 Å². The summed E-state index contributed by atoms with van der Waals surface area (Å²) in [5, 5.41) is 2.95.